The van der Waals surface area contributed by atoms with Crippen LogP contribution in [0.4, 0.5) is 22.0 Å². The zero-order valence-electron chi connectivity index (χ0n) is 12.2. The van der Waals surface area contributed by atoms with Crippen molar-refractivity contribution < 1.29 is 26.7 Å². The van der Waals surface area contributed by atoms with Crippen LogP contribution in [0.25, 0.3) is 0 Å². The molecule has 1 fully saturated rings. The molecule has 1 aromatic rings. The minimum Gasteiger partial charge on any atom is -0.344 e. The molecule has 3 nitrogen and oxygen atoms in total. The van der Waals surface area contributed by atoms with Crippen LogP contribution in [0.3, 0.4) is 0 Å². The molecule has 128 valence electrons. The predicted molar refractivity (Wildman–Crippen MR) is 74.1 cm³/mol. The van der Waals surface area contributed by atoms with Gasteiger partial charge in [0.05, 0.1) is 0 Å². The zero-order chi connectivity index (χ0) is 17.0. The highest BCUT2D eigenvalue weighted by Crippen LogP contribution is 2.34. The second-order valence-electron chi connectivity index (χ2n) is 5.47. The standard InChI is InChI=1S/C15H17F5N2O/c16-13(17)11-2-1-9(8-22-14(23)15(18,19)20)7-12(11)10-3-5-21-6-4-10/h1-2,7,10,13,21H,3-6,8H2,(H,22,23). The van der Waals surface area contributed by atoms with Crippen LogP contribution in [-0.4, -0.2) is 25.2 Å². The molecule has 8 heteroatoms. The molecule has 0 atom stereocenters. The van der Waals surface area contributed by atoms with Gasteiger partial charge in [0.25, 0.3) is 6.43 Å². The molecule has 1 saturated heterocycles. The molecule has 0 aliphatic carbocycles. The van der Waals surface area contributed by atoms with E-state index in [0.29, 0.717) is 37.1 Å². The van der Waals surface area contributed by atoms with Crippen molar-refractivity contribution in [1.82, 2.24) is 10.6 Å². The summed E-state index contributed by atoms with van der Waals surface area (Å²) in [4.78, 5) is 10.8. The number of carbonyl (C=O) groups excluding carboxylic acids is 1. The Morgan fingerprint density at radius 3 is 2.48 bits per heavy atom. The molecule has 0 radical (unpaired) electrons. The lowest BCUT2D eigenvalue weighted by molar-refractivity contribution is -0.173. The van der Waals surface area contributed by atoms with E-state index in [2.05, 4.69) is 5.32 Å². The molecule has 1 aliphatic rings. The number of piperidine rings is 1. The highest BCUT2D eigenvalue weighted by Gasteiger charge is 2.38. The molecule has 1 aromatic carbocycles. The maximum atomic E-state index is 13.2. The van der Waals surface area contributed by atoms with Crippen molar-refractivity contribution in [3.05, 3.63) is 34.9 Å². The number of hydrogen-bond acceptors (Lipinski definition) is 2. The fourth-order valence-electron chi connectivity index (χ4n) is 2.70. The topological polar surface area (TPSA) is 41.1 Å². The fraction of sp³-hybridized carbons (Fsp3) is 0.533. The summed E-state index contributed by atoms with van der Waals surface area (Å²) in [7, 11) is 0. The first-order valence-corrected chi connectivity index (χ1v) is 7.25. The van der Waals surface area contributed by atoms with Crippen LogP contribution in [0, 0.1) is 0 Å². The molecule has 2 rings (SSSR count). The van der Waals surface area contributed by atoms with Gasteiger partial charge in [-0.15, -0.1) is 0 Å². The first-order chi connectivity index (χ1) is 10.8. The summed E-state index contributed by atoms with van der Waals surface area (Å²) >= 11 is 0. The Bertz CT molecular complexity index is 553. The van der Waals surface area contributed by atoms with Crippen molar-refractivity contribution in [1.29, 1.82) is 0 Å². The van der Waals surface area contributed by atoms with Crippen LogP contribution in [0.1, 0.15) is 41.9 Å². The van der Waals surface area contributed by atoms with E-state index in [9.17, 15) is 26.7 Å². The lowest BCUT2D eigenvalue weighted by atomic mass is 9.86. The third-order valence-electron chi connectivity index (χ3n) is 3.88. The van der Waals surface area contributed by atoms with Crippen molar-refractivity contribution in [2.45, 2.75) is 37.9 Å². The summed E-state index contributed by atoms with van der Waals surface area (Å²) in [5.41, 5.74) is 0.739. The third kappa shape index (κ3) is 4.63. The Hall–Kier alpha value is -1.70. The van der Waals surface area contributed by atoms with Crippen molar-refractivity contribution in [2.75, 3.05) is 13.1 Å². The Kier molecular flexibility index (Phi) is 5.56. The average Bonchev–Trinajstić information content (AvgIpc) is 2.52. The summed E-state index contributed by atoms with van der Waals surface area (Å²) in [5, 5.41) is 4.89. The van der Waals surface area contributed by atoms with Crippen LogP contribution in [0.5, 0.6) is 0 Å². The summed E-state index contributed by atoms with van der Waals surface area (Å²) in [6, 6.07) is 4.04. The number of alkyl halides is 5. The van der Waals surface area contributed by atoms with E-state index in [1.54, 1.807) is 5.32 Å². The number of hydrogen-bond donors (Lipinski definition) is 2. The Labute approximate surface area is 130 Å². The van der Waals surface area contributed by atoms with E-state index in [0.717, 1.165) is 0 Å². The maximum absolute atomic E-state index is 13.2. The van der Waals surface area contributed by atoms with E-state index >= 15 is 0 Å². The minimum atomic E-state index is -4.96. The summed E-state index contributed by atoms with van der Waals surface area (Å²) in [6.07, 6.45) is -6.21. The molecule has 0 aromatic heterocycles. The molecule has 1 heterocycles. The monoisotopic (exact) mass is 336 g/mol. The molecule has 23 heavy (non-hydrogen) atoms. The van der Waals surface area contributed by atoms with Crippen molar-refractivity contribution in [3.8, 4) is 0 Å². The van der Waals surface area contributed by atoms with E-state index in [-0.39, 0.29) is 18.0 Å². The van der Waals surface area contributed by atoms with Crippen LogP contribution >= 0.6 is 0 Å². The van der Waals surface area contributed by atoms with Gasteiger partial charge in [-0.2, -0.15) is 13.2 Å². The van der Waals surface area contributed by atoms with Crippen LogP contribution in [0.2, 0.25) is 0 Å². The van der Waals surface area contributed by atoms with Crippen molar-refractivity contribution in [3.63, 3.8) is 0 Å². The number of amides is 1. The number of benzene rings is 1. The lowest BCUT2D eigenvalue weighted by Crippen LogP contribution is -2.36. The summed E-state index contributed by atoms with van der Waals surface area (Å²) < 4.78 is 62.8. The van der Waals surface area contributed by atoms with Gasteiger partial charge < -0.3 is 10.6 Å². The SMILES string of the molecule is O=C(NCc1ccc(C(F)F)c(C2CCNCC2)c1)C(F)(F)F. The van der Waals surface area contributed by atoms with E-state index in [1.165, 1.54) is 18.2 Å². The molecular weight excluding hydrogens is 319 g/mol. The van der Waals surface area contributed by atoms with Gasteiger partial charge >= 0.3 is 12.1 Å². The second-order valence-corrected chi connectivity index (χ2v) is 5.47. The van der Waals surface area contributed by atoms with Gasteiger partial charge in [0.2, 0.25) is 0 Å². The van der Waals surface area contributed by atoms with Crippen molar-refractivity contribution in [2.24, 2.45) is 0 Å². The minimum absolute atomic E-state index is 0.0569. The van der Waals surface area contributed by atoms with Gasteiger partial charge in [0, 0.05) is 12.1 Å². The Balaban J connectivity index is 2.17. The fourth-order valence-corrected chi connectivity index (χ4v) is 2.70. The van der Waals surface area contributed by atoms with Crippen LogP contribution < -0.4 is 10.6 Å². The molecule has 2 N–H and O–H groups in total. The molecular formula is C15H17F5N2O. The molecule has 0 bridgehead atoms. The highest BCUT2D eigenvalue weighted by molar-refractivity contribution is 5.81. The van der Waals surface area contributed by atoms with Gasteiger partial charge in [-0.05, 0) is 43.0 Å². The normalized spacial score (nSPS) is 16.6. The summed E-state index contributed by atoms with van der Waals surface area (Å²) in [6.45, 7) is 1.07. The largest absolute Gasteiger partial charge is 0.471 e. The van der Waals surface area contributed by atoms with Crippen LogP contribution in [0.15, 0.2) is 18.2 Å². The quantitative estimate of drug-likeness (QED) is 0.829. The van der Waals surface area contributed by atoms with E-state index in [4.69, 9.17) is 0 Å². The summed E-state index contributed by atoms with van der Waals surface area (Å²) in [5.74, 6) is -2.10. The Morgan fingerprint density at radius 1 is 1.26 bits per heavy atom. The van der Waals surface area contributed by atoms with Gasteiger partial charge in [0.1, 0.15) is 0 Å². The average molecular weight is 336 g/mol. The second kappa shape index (κ2) is 7.25. The number of nitrogens with one attached hydrogen (secondary N) is 2. The van der Waals surface area contributed by atoms with Gasteiger partial charge in [0.15, 0.2) is 0 Å². The van der Waals surface area contributed by atoms with E-state index in [1.807, 2.05) is 0 Å². The molecule has 1 amide bonds. The number of carbonyl (C=O) groups is 1. The predicted octanol–water partition coefficient (Wildman–Crippen LogP) is 3.27. The van der Waals surface area contributed by atoms with Gasteiger partial charge in [-0.1, -0.05) is 18.2 Å². The van der Waals surface area contributed by atoms with Gasteiger partial charge in [-0.25, -0.2) is 8.78 Å². The van der Waals surface area contributed by atoms with Crippen LogP contribution in [-0.2, 0) is 11.3 Å². The molecule has 0 unspecified atom stereocenters. The van der Waals surface area contributed by atoms with Crippen molar-refractivity contribution >= 4 is 5.91 Å². The van der Waals surface area contributed by atoms with Gasteiger partial charge in [-0.3, -0.25) is 4.79 Å². The number of halogens is 5. The first kappa shape index (κ1) is 17.7. The first-order valence-electron chi connectivity index (χ1n) is 7.25. The zero-order valence-corrected chi connectivity index (χ0v) is 12.2. The maximum Gasteiger partial charge on any atom is 0.471 e. The molecule has 0 spiro atoms. The lowest BCUT2D eigenvalue weighted by Gasteiger charge is -2.25. The Morgan fingerprint density at radius 2 is 1.91 bits per heavy atom. The molecule has 1 aliphatic heterocycles. The molecule has 0 saturated carbocycles. The highest BCUT2D eigenvalue weighted by atomic mass is 19.4. The number of rotatable bonds is 4. The third-order valence-corrected chi connectivity index (χ3v) is 3.88. The van der Waals surface area contributed by atoms with E-state index < -0.39 is 18.5 Å². The smallest absolute Gasteiger partial charge is 0.344 e.